The lowest BCUT2D eigenvalue weighted by Gasteiger charge is -2.11. The van der Waals surface area contributed by atoms with Crippen molar-refractivity contribution in [2.24, 2.45) is 14.1 Å². The number of aromatic nitrogens is 2. The van der Waals surface area contributed by atoms with E-state index >= 15 is 0 Å². The summed E-state index contributed by atoms with van der Waals surface area (Å²) in [6, 6.07) is 8.89. The Hall–Kier alpha value is -1.97. The average molecular weight is 308 g/mol. The van der Waals surface area contributed by atoms with Crippen LogP contribution in [0, 0.1) is 11.3 Å². The Labute approximate surface area is 124 Å². The Balaban J connectivity index is 2.70. The molecule has 1 aromatic carbocycles. The highest BCUT2D eigenvalue weighted by atomic mass is 35.5. The fourth-order valence-corrected chi connectivity index (χ4v) is 2.89. The van der Waals surface area contributed by atoms with Gasteiger partial charge >= 0.3 is 5.69 Å². The summed E-state index contributed by atoms with van der Waals surface area (Å²) < 4.78 is 2.18. The van der Waals surface area contributed by atoms with Crippen LogP contribution in [-0.4, -0.2) is 9.13 Å². The van der Waals surface area contributed by atoms with Crippen LogP contribution < -0.4 is 11.2 Å². The number of rotatable bonds is 2. The van der Waals surface area contributed by atoms with Gasteiger partial charge in [-0.25, -0.2) is 4.79 Å². The van der Waals surface area contributed by atoms with Crippen molar-refractivity contribution in [2.45, 2.75) is 9.92 Å². The zero-order valence-electron chi connectivity index (χ0n) is 10.8. The van der Waals surface area contributed by atoms with E-state index in [1.807, 2.05) is 6.07 Å². The second kappa shape index (κ2) is 5.57. The molecule has 0 atom stereocenters. The molecule has 0 amide bonds. The number of nitriles is 1. The third-order valence-corrected chi connectivity index (χ3v) is 4.45. The van der Waals surface area contributed by atoms with Gasteiger partial charge in [-0.2, -0.15) is 5.26 Å². The summed E-state index contributed by atoms with van der Waals surface area (Å²) in [7, 11) is 2.86. The molecular weight excluding hydrogens is 298 g/mol. The zero-order chi connectivity index (χ0) is 14.9. The minimum Gasteiger partial charge on any atom is -0.290 e. The fourth-order valence-electron chi connectivity index (χ4n) is 1.67. The molecule has 5 nitrogen and oxygen atoms in total. The van der Waals surface area contributed by atoms with Crippen molar-refractivity contribution >= 4 is 23.4 Å². The van der Waals surface area contributed by atoms with Crippen molar-refractivity contribution in [1.29, 1.82) is 5.26 Å². The van der Waals surface area contributed by atoms with Crippen molar-refractivity contribution in [3.8, 4) is 6.07 Å². The van der Waals surface area contributed by atoms with Crippen molar-refractivity contribution in [2.75, 3.05) is 0 Å². The largest absolute Gasteiger partial charge is 0.331 e. The topological polar surface area (TPSA) is 67.8 Å². The fraction of sp³-hybridized carbons (Fsp3) is 0.154. The zero-order valence-corrected chi connectivity index (χ0v) is 12.3. The highest BCUT2D eigenvalue weighted by Crippen LogP contribution is 2.33. The highest BCUT2D eigenvalue weighted by Gasteiger charge is 2.17. The first-order valence-corrected chi connectivity index (χ1v) is 6.79. The summed E-state index contributed by atoms with van der Waals surface area (Å²) in [5.41, 5.74) is -1.16. The lowest BCUT2D eigenvalue weighted by atomic mass is 10.3. The van der Waals surface area contributed by atoms with Gasteiger partial charge in [0.1, 0.15) is 16.7 Å². The lowest BCUT2D eigenvalue weighted by Crippen LogP contribution is -2.39. The van der Waals surface area contributed by atoms with Crippen LogP contribution in [0.3, 0.4) is 0 Å². The SMILES string of the molecule is Cn1c(Sc2ccccc2Cl)c(C#N)c(=O)n(C)c1=O. The molecular formula is C13H10ClN3O2S. The first-order chi connectivity index (χ1) is 9.47. The summed E-state index contributed by atoms with van der Waals surface area (Å²) >= 11 is 7.18. The maximum absolute atomic E-state index is 11.9. The second-order valence-corrected chi connectivity index (χ2v) is 5.47. The molecule has 0 bridgehead atoms. The van der Waals surface area contributed by atoms with E-state index in [0.717, 1.165) is 16.3 Å². The summed E-state index contributed by atoms with van der Waals surface area (Å²) in [6.45, 7) is 0. The van der Waals surface area contributed by atoms with Crippen LogP contribution in [-0.2, 0) is 14.1 Å². The van der Waals surface area contributed by atoms with Gasteiger partial charge in [0, 0.05) is 19.0 Å². The third-order valence-electron chi connectivity index (χ3n) is 2.77. The number of benzene rings is 1. The van der Waals surface area contributed by atoms with Crippen molar-refractivity contribution in [1.82, 2.24) is 9.13 Å². The second-order valence-electron chi connectivity index (χ2n) is 4.03. The number of nitrogens with zero attached hydrogens (tertiary/aromatic N) is 3. The minimum atomic E-state index is -0.606. The lowest BCUT2D eigenvalue weighted by molar-refractivity contribution is 0.631. The molecule has 7 heteroatoms. The van der Waals surface area contributed by atoms with E-state index in [2.05, 4.69) is 0 Å². The molecule has 2 rings (SSSR count). The molecule has 0 saturated heterocycles. The van der Waals surface area contributed by atoms with Gasteiger partial charge in [-0.1, -0.05) is 35.5 Å². The van der Waals surface area contributed by atoms with Gasteiger partial charge in [-0.15, -0.1) is 0 Å². The Morgan fingerprint density at radius 2 is 1.85 bits per heavy atom. The molecule has 0 radical (unpaired) electrons. The van der Waals surface area contributed by atoms with Crippen LogP contribution in [0.25, 0.3) is 0 Å². The monoisotopic (exact) mass is 307 g/mol. The molecule has 20 heavy (non-hydrogen) atoms. The van der Waals surface area contributed by atoms with Crippen LogP contribution in [0.5, 0.6) is 0 Å². The molecule has 0 aliphatic rings. The van der Waals surface area contributed by atoms with Crippen molar-refractivity contribution in [3.63, 3.8) is 0 Å². The molecule has 0 fully saturated rings. The van der Waals surface area contributed by atoms with Gasteiger partial charge in [-0.05, 0) is 12.1 Å². The van der Waals surface area contributed by atoms with Gasteiger partial charge in [0.15, 0.2) is 0 Å². The predicted molar refractivity (Wildman–Crippen MR) is 77.2 cm³/mol. The third kappa shape index (κ3) is 2.38. The van der Waals surface area contributed by atoms with Crippen LogP contribution in [0.15, 0.2) is 43.8 Å². The molecule has 102 valence electrons. The number of hydrogen-bond donors (Lipinski definition) is 0. The van der Waals surface area contributed by atoms with Gasteiger partial charge < -0.3 is 0 Å². The van der Waals surface area contributed by atoms with E-state index in [0.29, 0.717) is 9.92 Å². The van der Waals surface area contributed by atoms with Gasteiger partial charge in [0.05, 0.1) is 5.02 Å². The quantitative estimate of drug-likeness (QED) is 0.793. The van der Waals surface area contributed by atoms with E-state index in [-0.39, 0.29) is 10.6 Å². The van der Waals surface area contributed by atoms with Crippen LogP contribution >= 0.6 is 23.4 Å². The number of hydrogen-bond acceptors (Lipinski definition) is 4. The molecule has 0 unspecified atom stereocenters. The van der Waals surface area contributed by atoms with E-state index < -0.39 is 11.2 Å². The average Bonchev–Trinajstić information content (AvgIpc) is 2.45. The van der Waals surface area contributed by atoms with Crippen molar-refractivity contribution < 1.29 is 0 Å². The van der Waals surface area contributed by atoms with Crippen LogP contribution in [0.1, 0.15) is 5.56 Å². The summed E-state index contributed by atoms with van der Waals surface area (Å²) in [6.07, 6.45) is 0. The normalized spacial score (nSPS) is 10.3. The summed E-state index contributed by atoms with van der Waals surface area (Å²) in [4.78, 5) is 24.5. The van der Waals surface area contributed by atoms with E-state index in [1.54, 1.807) is 24.3 Å². The van der Waals surface area contributed by atoms with E-state index in [1.165, 1.54) is 18.7 Å². The first-order valence-electron chi connectivity index (χ1n) is 5.60. The Morgan fingerprint density at radius 3 is 2.45 bits per heavy atom. The molecule has 2 aromatic rings. The minimum absolute atomic E-state index is 0.0699. The molecule has 1 aromatic heterocycles. The van der Waals surface area contributed by atoms with E-state index in [9.17, 15) is 9.59 Å². The molecule has 0 aliphatic carbocycles. The highest BCUT2D eigenvalue weighted by molar-refractivity contribution is 7.99. The predicted octanol–water partition coefficient (Wildman–Crippen LogP) is 1.76. The maximum Gasteiger partial charge on any atom is 0.331 e. The Bertz CT molecular complexity index is 833. The van der Waals surface area contributed by atoms with E-state index in [4.69, 9.17) is 16.9 Å². The maximum atomic E-state index is 11.9. The summed E-state index contributed by atoms with van der Waals surface area (Å²) in [5.74, 6) is 0. The Kier molecular flexibility index (Phi) is 4.02. The standard InChI is InChI=1S/C13H10ClN3O2S/c1-16-11(18)8(7-15)12(17(2)13(16)19)20-10-6-4-3-5-9(10)14/h3-6H,1-2H3. The first kappa shape index (κ1) is 14.4. The smallest absolute Gasteiger partial charge is 0.290 e. The van der Waals surface area contributed by atoms with Gasteiger partial charge in [0.2, 0.25) is 0 Å². The van der Waals surface area contributed by atoms with Crippen molar-refractivity contribution in [3.05, 3.63) is 55.7 Å². The molecule has 0 saturated carbocycles. The van der Waals surface area contributed by atoms with Crippen LogP contribution in [0.4, 0.5) is 0 Å². The molecule has 1 heterocycles. The molecule has 0 N–H and O–H groups in total. The van der Waals surface area contributed by atoms with Crippen LogP contribution in [0.2, 0.25) is 5.02 Å². The molecule has 0 aliphatic heterocycles. The van der Waals surface area contributed by atoms with Gasteiger partial charge in [0.25, 0.3) is 5.56 Å². The molecule has 0 spiro atoms. The summed E-state index contributed by atoms with van der Waals surface area (Å²) in [5, 5.41) is 9.94. The Morgan fingerprint density at radius 1 is 1.20 bits per heavy atom. The van der Waals surface area contributed by atoms with Gasteiger partial charge in [-0.3, -0.25) is 13.9 Å². The number of halogens is 1.